The van der Waals surface area contributed by atoms with Gasteiger partial charge in [-0.05, 0) is 12.5 Å². The SMILES string of the molecule is CC(=O)NC(C)(CCOCc1ccccc1)C(=O)O. The van der Waals surface area contributed by atoms with Gasteiger partial charge in [-0.3, -0.25) is 4.79 Å². The molecular weight excluding hydrogens is 246 g/mol. The largest absolute Gasteiger partial charge is 0.480 e. The third-order valence-corrected chi connectivity index (χ3v) is 2.78. The van der Waals surface area contributed by atoms with E-state index in [4.69, 9.17) is 9.84 Å². The molecule has 0 heterocycles. The number of carboxylic acid groups (broad SMARTS) is 1. The second-order valence-electron chi connectivity index (χ2n) is 4.61. The van der Waals surface area contributed by atoms with Gasteiger partial charge in [0.25, 0.3) is 0 Å². The predicted molar refractivity (Wildman–Crippen MR) is 70.6 cm³/mol. The number of benzene rings is 1. The van der Waals surface area contributed by atoms with Gasteiger partial charge in [0.05, 0.1) is 6.61 Å². The molecule has 0 bridgehead atoms. The lowest BCUT2D eigenvalue weighted by atomic mass is 9.98. The Balaban J connectivity index is 2.41. The average molecular weight is 265 g/mol. The lowest BCUT2D eigenvalue weighted by Gasteiger charge is -2.25. The molecule has 0 spiro atoms. The molecule has 104 valence electrons. The fraction of sp³-hybridized carbons (Fsp3) is 0.429. The minimum absolute atomic E-state index is 0.217. The third-order valence-electron chi connectivity index (χ3n) is 2.78. The highest BCUT2D eigenvalue weighted by Crippen LogP contribution is 2.11. The van der Waals surface area contributed by atoms with Crippen molar-refractivity contribution in [3.05, 3.63) is 35.9 Å². The topological polar surface area (TPSA) is 75.6 Å². The maximum Gasteiger partial charge on any atom is 0.329 e. The fourth-order valence-corrected chi connectivity index (χ4v) is 1.65. The average Bonchev–Trinajstić information content (AvgIpc) is 2.35. The number of ether oxygens (including phenoxy) is 1. The van der Waals surface area contributed by atoms with Gasteiger partial charge in [-0.15, -0.1) is 0 Å². The molecule has 1 rings (SSSR count). The number of aliphatic carboxylic acids is 1. The predicted octanol–water partition coefficient (Wildman–Crippen LogP) is 1.57. The Hall–Kier alpha value is -1.88. The molecular formula is C14H19NO4. The van der Waals surface area contributed by atoms with Crippen LogP contribution >= 0.6 is 0 Å². The van der Waals surface area contributed by atoms with Gasteiger partial charge in [-0.25, -0.2) is 4.79 Å². The van der Waals surface area contributed by atoms with E-state index < -0.39 is 11.5 Å². The molecule has 0 saturated heterocycles. The molecule has 0 aromatic heterocycles. The Labute approximate surface area is 112 Å². The van der Waals surface area contributed by atoms with Crippen LogP contribution in [-0.4, -0.2) is 29.1 Å². The molecule has 0 aliphatic heterocycles. The summed E-state index contributed by atoms with van der Waals surface area (Å²) in [5.74, 6) is -1.43. The van der Waals surface area contributed by atoms with Crippen LogP contribution in [-0.2, 0) is 20.9 Å². The highest BCUT2D eigenvalue weighted by atomic mass is 16.5. The summed E-state index contributed by atoms with van der Waals surface area (Å²) in [4.78, 5) is 22.2. The lowest BCUT2D eigenvalue weighted by Crippen LogP contribution is -2.52. The number of hydrogen-bond donors (Lipinski definition) is 2. The molecule has 1 unspecified atom stereocenters. The second kappa shape index (κ2) is 6.89. The zero-order valence-electron chi connectivity index (χ0n) is 11.2. The van der Waals surface area contributed by atoms with Gasteiger partial charge in [0.1, 0.15) is 5.54 Å². The standard InChI is InChI=1S/C14H19NO4/c1-11(16)15-14(2,13(17)18)8-9-19-10-12-6-4-3-5-7-12/h3-7H,8-10H2,1-2H3,(H,15,16)(H,17,18). The van der Waals surface area contributed by atoms with E-state index in [0.717, 1.165) is 5.56 Å². The van der Waals surface area contributed by atoms with E-state index >= 15 is 0 Å². The van der Waals surface area contributed by atoms with Crippen molar-refractivity contribution in [2.45, 2.75) is 32.4 Å². The van der Waals surface area contributed by atoms with Crippen molar-refractivity contribution in [1.29, 1.82) is 0 Å². The van der Waals surface area contributed by atoms with Gasteiger partial charge in [0.2, 0.25) is 5.91 Å². The van der Waals surface area contributed by atoms with Crippen LogP contribution in [0.2, 0.25) is 0 Å². The first-order valence-corrected chi connectivity index (χ1v) is 6.08. The molecule has 0 aliphatic carbocycles. The van der Waals surface area contributed by atoms with Crippen molar-refractivity contribution >= 4 is 11.9 Å². The number of hydrogen-bond acceptors (Lipinski definition) is 3. The lowest BCUT2D eigenvalue weighted by molar-refractivity contribution is -0.147. The molecule has 5 heteroatoms. The molecule has 0 fully saturated rings. The Bertz CT molecular complexity index is 432. The summed E-state index contributed by atoms with van der Waals surface area (Å²) in [6.07, 6.45) is 0.217. The summed E-state index contributed by atoms with van der Waals surface area (Å²) in [5, 5.41) is 11.6. The van der Waals surface area contributed by atoms with Crippen LogP contribution in [0, 0.1) is 0 Å². The van der Waals surface area contributed by atoms with E-state index in [1.54, 1.807) is 0 Å². The van der Waals surface area contributed by atoms with Gasteiger partial charge in [0, 0.05) is 20.0 Å². The van der Waals surface area contributed by atoms with Gasteiger partial charge < -0.3 is 15.2 Å². The van der Waals surface area contributed by atoms with Crippen LogP contribution in [0.25, 0.3) is 0 Å². The third kappa shape index (κ3) is 5.09. The normalized spacial score (nSPS) is 13.6. The smallest absolute Gasteiger partial charge is 0.329 e. The summed E-state index contributed by atoms with van der Waals surface area (Å²) in [6, 6.07) is 9.62. The summed E-state index contributed by atoms with van der Waals surface area (Å²) in [7, 11) is 0. The molecule has 1 aromatic carbocycles. The molecule has 1 aromatic rings. The number of carbonyl (C=O) groups excluding carboxylic acids is 1. The zero-order valence-corrected chi connectivity index (χ0v) is 11.2. The van der Waals surface area contributed by atoms with E-state index in [9.17, 15) is 9.59 Å². The molecule has 0 aliphatic rings. The summed E-state index contributed by atoms with van der Waals surface area (Å²) in [5.41, 5.74) is -0.262. The minimum Gasteiger partial charge on any atom is -0.480 e. The van der Waals surface area contributed by atoms with Crippen LogP contribution in [0.15, 0.2) is 30.3 Å². The van der Waals surface area contributed by atoms with Crippen LogP contribution in [0.4, 0.5) is 0 Å². The number of rotatable bonds is 7. The summed E-state index contributed by atoms with van der Waals surface area (Å²) in [6.45, 7) is 3.46. The number of carboxylic acids is 1. The first kappa shape index (κ1) is 15.2. The Morgan fingerprint density at radius 3 is 2.47 bits per heavy atom. The number of nitrogens with one attached hydrogen (secondary N) is 1. The van der Waals surface area contributed by atoms with E-state index in [-0.39, 0.29) is 18.9 Å². The molecule has 5 nitrogen and oxygen atoms in total. The fourth-order valence-electron chi connectivity index (χ4n) is 1.65. The van der Waals surface area contributed by atoms with Crippen LogP contribution in [0.1, 0.15) is 25.8 Å². The molecule has 1 amide bonds. The highest BCUT2D eigenvalue weighted by Gasteiger charge is 2.33. The van der Waals surface area contributed by atoms with E-state index in [0.29, 0.717) is 6.61 Å². The van der Waals surface area contributed by atoms with E-state index in [1.807, 2.05) is 30.3 Å². The summed E-state index contributed by atoms with van der Waals surface area (Å²) < 4.78 is 5.43. The Morgan fingerprint density at radius 1 is 1.32 bits per heavy atom. The number of carbonyl (C=O) groups is 2. The highest BCUT2D eigenvalue weighted by molar-refractivity contribution is 5.85. The monoisotopic (exact) mass is 265 g/mol. The first-order valence-electron chi connectivity index (χ1n) is 6.08. The molecule has 19 heavy (non-hydrogen) atoms. The quantitative estimate of drug-likeness (QED) is 0.734. The Morgan fingerprint density at radius 2 is 1.95 bits per heavy atom. The van der Waals surface area contributed by atoms with Gasteiger partial charge in [-0.1, -0.05) is 30.3 Å². The maximum absolute atomic E-state index is 11.2. The van der Waals surface area contributed by atoms with E-state index in [1.165, 1.54) is 13.8 Å². The van der Waals surface area contributed by atoms with Gasteiger partial charge >= 0.3 is 5.97 Å². The van der Waals surface area contributed by atoms with Gasteiger partial charge in [0.15, 0.2) is 0 Å². The summed E-state index contributed by atoms with van der Waals surface area (Å²) >= 11 is 0. The van der Waals surface area contributed by atoms with Crippen LogP contribution in [0.5, 0.6) is 0 Å². The van der Waals surface area contributed by atoms with Crippen molar-refractivity contribution in [3.8, 4) is 0 Å². The molecule has 1 atom stereocenters. The van der Waals surface area contributed by atoms with Crippen LogP contribution in [0.3, 0.4) is 0 Å². The van der Waals surface area contributed by atoms with Crippen molar-refractivity contribution in [3.63, 3.8) is 0 Å². The molecule has 0 radical (unpaired) electrons. The minimum atomic E-state index is -1.29. The van der Waals surface area contributed by atoms with E-state index in [2.05, 4.69) is 5.32 Å². The molecule has 0 saturated carbocycles. The van der Waals surface area contributed by atoms with Crippen molar-refractivity contribution < 1.29 is 19.4 Å². The maximum atomic E-state index is 11.2. The number of amides is 1. The zero-order chi connectivity index (χ0) is 14.3. The van der Waals surface area contributed by atoms with Gasteiger partial charge in [-0.2, -0.15) is 0 Å². The van der Waals surface area contributed by atoms with Crippen molar-refractivity contribution in [1.82, 2.24) is 5.32 Å². The first-order chi connectivity index (χ1) is 8.94. The van der Waals surface area contributed by atoms with Crippen molar-refractivity contribution in [2.75, 3.05) is 6.61 Å². The van der Waals surface area contributed by atoms with Crippen LogP contribution < -0.4 is 5.32 Å². The molecule has 2 N–H and O–H groups in total. The van der Waals surface area contributed by atoms with Crippen molar-refractivity contribution in [2.24, 2.45) is 0 Å². The Kier molecular flexibility index (Phi) is 5.51. The second-order valence-corrected chi connectivity index (χ2v) is 4.61.